The van der Waals surface area contributed by atoms with Crippen LogP contribution in [0.3, 0.4) is 0 Å². The van der Waals surface area contributed by atoms with Crippen LogP contribution in [0.1, 0.15) is 38.2 Å². The lowest BCUT2D eigenvalue weighted by molar-refractivity contribution is 0.597. The van der Waals surface area contributed by atoms with Gasteiger partial charge in [0.2, 0.25) is 10.0 Å². The number of anilines is 1. The molecule has 3 N–H and O–H groups in total. The van der Waals surface area contributed by atoms with Gasteiger partial charge in [0.05, 0.1) is 5.75 Å². The van der Waals surface area contributed by atoms with Crippen LogP contribution in [0.25, 0.3) is 0 Å². The molecule has 0 aliphatic rings. The minimum atomic E-state index is -3.24. The predicted molar refractivity (Wildman–Crippen MR) is 80.8 cm³/mol. The molecule has 0 fully saturated rings. The second-order valence-corrected chi connectivity index (χ2v) is 6.56. The monoisotopic (exact) mass is 284 g/mol. The molecule has 1 aromatic rings. The van der Waals surface area contributed by atoms with Crippen LogP contribution < -0.4 is 10.5 Å². The quantitative estimate of drug-likeness (QED) is 0.684. The van der Waals surface area contributed by atoms with Gasteiger partial charge in [0, 0.05) is 5.69 Å². The van der Waals surface area contributed by atoms with Crippen LogP contribution in [-0.4, -0.2) is 20.7 Å². The summed E-state index contributed by atoms with van der Waals surface area (Å²) < 4.78 is 26.2. The first-order chi connectivity index (χ1) is 9.07. The van der Waals surface area contributed by atoms with E-state index in [1.807, 2.05) is 24.3 Å². The zero-order valence-electron chi connectivity index (χ0n) is 11.6. The average molecular weight is 284 g/mol. The van der Waals surface area contributed by atoms with Gasteiger partial charge in [0.1, 0.15) is 0 Å². The van der Waals surface area contributed by atoms with E-state index in [0.717, 1.165) is 25.7 Å². The first-order valence-corrected chi connectivity index (χ1v) is 8.52. The Morgan fingerprint density at radius 2 is 1.79 bits per heavy atom. The maximum Gasteiger partial charge on any atom is 0.232 e. The predicted octanol–water partition coefficient (Wildman–Crippen LogP) is 2.51. The zero-order valence-corrected chi connectivity index (χ0v) is 12.4. The first-order valence-electron chi connectivity index (χ1n) is 6.87. The Kier molecular flexibility index (Phi) is 6.87. The van der Waals surface area contributed by atoms with Crippen molar-refractivity contribution in [2.45, 2.75) is 39.0 Å². The largest absolute Gasteiger partial charge is 0.330 e. The average Bonchev–Trinajstić information content (AvgIpc) is 2.38. The van der Waals surface area contributed by atoms with Gasteiger partial charge in [-0.05, 0) is 49.9 Å². The molecule has 5 heteroatoms. The molecule has 0 saturated heterocycles. The molecule has 0 bridgehead atoms. The third kappa shape index (κ3) is 6.59. The standard InChI is InChI=1S/C14H24N2O2S/c1-2-3-6-13-7-9-14(10-8-13)16-19(17,18)12-5-4-11-15/h7-10,16H,2-6,11-12,15H2,1H3. The van der Waals surface area contributed by atoms with E-state index in [2.05, 4.69) is 11.6 Å². The van der Waals surface area contributed by atoms with Gasteiger partial charge >= 0.3 is 0 Å². The highest BCUT2D eigenvalue weighted by Crippen LogP contribution is 2.13. The van der Waals surface area contributed by atoms with Crippen molar-refractivity contribution in [2.75, 3.05) is 17.0 Å². The van der Waals surface area contributed by atoms with Gasteiger partial charge in [-0.25, -0.2) is 8.42 Å². The molecule has 0 aromatic heterocycles. The fourth-order valence-corrected chi connectivity index (χ4v) is 2.97. The zero-order chi connectivity index (χ0) is 14.1. The van der Waals surface area contributed by atoms with Crippen LogP contribution in [0.15, 0.2) is 24.3 Å². The Bertz CT molecular complexity index is 455. The smallest absolute Gasteiger partial charge is 0.232 e. The SMILES string of the molecule is CCCCc1ccc(NS(=O)(=O)CCCCN)cc1. The second-order valence-electron chi connectivity index (χ2n) is 4.72. The molecular weight excluding hydrogens is 260 g/mol. The van der Waals surface area contributed by atoms with Crippen LogP contribution in [0.5, 0.6) is 0 Å². The molecule has 0 unspecified atom stereocenters. The molecule has 1 rings (SSSR count). The first kappa shape index (κ1) is 16.0. The summed E-state index contributed by atoms with van der Waals surface area (Å²) in [6.45, 7) is 2.69. The highest BCUT2D eigenvalue weighted by molar-refractivity contribution is 7.92. The van der Waals surface area contributed by atoms with Crippen LogP contribution in [0.2, 0.25) is 0 Å². The van der Waals surface area contributed by atoms with E-state index in [0.29, 0.717) is 18.7 Å². The molecule has 0 spiro atoms. The minimum Gasteiger partial charge on any atom is -0.330 e. The third-order valence-corrected chi connectivity index (χ3v) is 4.29. The lowest BCUT2D eigenvalue weighted by atomic mass is 10.1. The molecule has 1 aromatic carbocycles. The van der Waals surface area contributed by atoms with Crippen molar-refractivity contribution in [2.24, 2.45) is 5.73 Å². The Morgan fingerprint density at radius 1 is 1.11 bits per heavy atom. The van der Waals surface area contributed by atoms with E-state index in [1.54, 1.807) is 0 Å². The van der Waals surface area contributed by atoms with Crippen molar-refractivity contribution in [1.82, 2.24) is 0 Å². The van der Waals surface area contributed by atoms with E-state index in [9.17, 15) is 8.42 Å². The van der Waals surface area contributed by atoms with E-state index >= 15 is 0 Å². The fourth-order valence-electron chi connectivity index (χ4n) is 1.79. The molecule has 0 aliphatic carbocycles. The molecule has 0 heterocycles. The number of rotatable bonds is 9. The summed E-state index contributed by atoms with van der Waals surface area (Å²) in [4.78, 5) is 0. The highest BCUT2D eigenvalue weighted by Gasteiger charge is 2.09. The highest BCUT2D eigenvalue weighted by atomic mass is 32.2. The van der Waals surface area contributed by atoms with Crippen molar-refractivity contribution in [1.29, 1.82) is 0 Å². The summed E-state index contributed by atoms with van der Waals surface area (Å²) in [5, 5.41) is 0. The number of sulfonamides is 1. The van der Waals surface area contributed by atoms with Crippen LogP contribution in [0.4, 0.5) is 5.69 Å². The van der Waals surface area contributed by atoms with Crippen molar-refractivity contribution < 1.29 is 8.42 Å². The van der Waals surface area contributed by atoms with Gasteiger partial charge in [-0.2, -0.15) is 0 Å². The number of nitrogens with one attached hydrogen (secondary N) is 1. The summed E-state index contributed by atoms with van der Waals surface area (Å²) in [6.07, 6.45) is 4.69. The number of aryl methyl sites for hydroxylation is 1. The Morgan fingerprint density at radius 3 is 2.37 bits per heavy atom. The summed E-state index contributed by atoms with van der Waals surface area (Å²) >= 11 is 0. The molecule has 0 saturated carbocycles. The van der Waals surface area contributed by atoms with Crippen molar-refractivity contribution in [3.63, 3.8) is 0 Å². The number of hydrogen-bond donors (Lipinski definition) is 2. The van der Waals surface area contributed by atoms with Gasteiger partial charge in [-0.1, -0.05) is 25.5 Å². The second kappa shape index (κ2) is 8.17. The Hall–Kier alpha value is -1.07. The van der Waals surface area contributed by atoms with Gasteiger partial charge < -0.3 is 5.73 Å². The van der Waals surface area contributed by atoms with Crippen molar-refractivity contribution in [3.8, 4) is 0 Å². The summed E-state index contributed by atoms with van der Waals surface area (Å²) in [5.41, 5.74) is 7.23. The number of nitrogens with two attached hydrogens (primary N) is 1. The maximum atomic E-state index is 11.8. The van der Waals surface area contributed by atoms with Crippen LogP contribution in [-0.2, 0) is 16.4 Å². The van der Waals surface area contributed by atoms with Crippen LogP contribution in [0, 0.1) is 0 Å². The van der Waals surface area contributed by atoms with Gasteiger partial charge in [-0.15, -0.1) is 0 Å². The molecule has 4 nitrogen and oxygen atoms in total. The van der Waals surface area contributed by atoms with Crippen molar-refractivity contribution >= 4 is 15.7 Å². The summed E-state index contributed by atoms with van der Waals surface area (Å²) in [6, 6.07) is 7.61. The molecule has 0 amide bonds. The molecular formula is C14H24N2O2S. The van der Waals surface area contributed by atoms with Gasteiger partial charge in [-0.3, -0.25) is 4.72 Å². The topological polar surface area (TPSA) is 72.2 Å². The van der Waals surface area contributed by atoms with Crippen molar-refractivity contribution in [3.05, 3.63) is 29.8 Å². The molecule has 108 valence electrons. The lowest BCUT2D eigenvalue weighted by Gasteiger charge is -2.08. The Labute approximate surface area is 116 Å². The molecule has 0 atom stereocenters. The van der Waals surface area contributed by atoms with E-state index < -0.39 is 10.0 Å². The third-order valence-electron chi connectivity index (χ3n) is 2.91. The van der Waals surface area contributed by atoms with Gasteiger partial charge in [0.15, 0.2) is 0 Å². The lowest BCUT2D eigenvalue weighted by Crippen LogP contribution is -2.17. The normalized spacial score (nSPS) is 11.5. The van der Waals surface area contributed by atoms with E-state index in [1.165, 1.54) is 5.56 Å². The maximum absolute atomic E-state index is 11.8. The van der Waals surface area contributed by atoms with E-state index in [4.69, 9.17) is 5.73 Å². The number of hydrogen-bond acceptors (Lipinski definition) is 3. The molecule has 0 aliphatic heterocycles. The Balaban J connectivity index is 2.52. The number of benzene rings is 1. The fraction of sp³-hybridized carbons (Fsp3) is 0.571. The van der Waals surface area contributed by atoms with Crippen LogP contribution >= 0.6 is 0 Å². The summed E-state index contributed by atoms with van der Waals surface area (Å²) in [7, 11) is -3.24. The number of unbranched alkanes of at least 4 members (excludes halogenated alkanes) is 2. The minimum absolute atomic E-state index is 0.127. The summed E-state index contributed by atoms with van der Waals surface area (Å²) in [5.74, 6) is 0.127. The molecule has 0 radical (unpaired) electrons. The molecule has 19 heavy (non-hydrogen) atoms. The van der Waals surface area contributed by atoms with E-state index in [-0.39, 0.29) is 5.75 Å². The van der Waals surface area contributed by atoms with Gasteiger partial charge in [0.25, 0.3) is 0 Å².